The summed E-state index contributed by atoms with van der Waals surface area (Å²) < 4.78 is 27.5. The van der Waals surface area contributed by atoms with Crippen molar-refractivity contribution in [1.82, 2.24) is 14.5 Å². The molecule has 1 saturated heterocycles. The standard InChI is InChI=1S/C20H19ClN4O3S2/c21-16-10-4-5-11-17(16)30(27,28)25-12-6-7-14(13-25)19-23-24-20(29-19)18(26)22-15-8-2-1-3-9-15/h1-5,8-11,14H,6-7,12-13H2,(H,22,26)/t14-/m0/s1. The summed E-state index contributed by atoms with van der Waals surface area (Å²) in [6, 6.07) is 15.5. The van der Waals surface area contributed by atoms with E-state index in [4.69, 9.17) is 11.6 Å². The van der Waals surface area contributed by atoms with E-state index in [9.17, 15) is 13.2 Å². The zero-order chi connectivity index (χ0) is 21.1. The molecule has 1 atom stereocenters. The van der Waals surface area contributed by atoms with E-state index >= 15 is 0 Å². The van der Waals surface area contributed by atoms with Crippen LogP contribution >= 0.6 is 22.9 Å². The number of anilines is 1. The Hall–Kier alpha value is -2.33. The normalized spacial score (nSPS) is 17.6. The third-order valence-electron chi connectivity index (χ3n) is 4.85. The second-order valence-corrected chi connectivity index (χ2v) is 10.2. The number of hydrogen-bond acceptors (Lipinski definition) is 6. The molecule has 4 rings (SSSR count). The van der Waals surface area contributed by atoms with Crippen LogP contribution in [0.3, 0.4) is 0 Å². The molecule has 0 aliphatic carbocycles. The second-order valence-electron chi connectivity index (χ2n) is 6.90. The molecule has 0 unspecified atom stereocenters. The molecule has 30 heavy (non-hydrogen) atoms. The molecule has 7 nitrogen and oxygen atoms in total. The van der Waals surface area contributed by atoms with Crippen molar-refractivity contribution in [2.75, 3.05) is 18.4 Å². The fraction of sp³-hybridized carbons (Fsp3) is 0.250. The van der Waals surface area contributed by atoms with E-state index in [2.05, 4.69) is 15.5 Å². The van der Waals surface area contributed by atoms with Crippen LogP contribution in [0.4, 0.5) is 5.69 Å². The van der Waals surface area contributed by atoms with Crippen LogP contribution in [-0.2, 0) is 10.0 Å². The third kappa shape index (κ3) is 4.39. The largest absolute Gasteiger partial charge is 0.320 e. The zero-order valence-corrected chi connectivity index (χ0v) is 18.3. The number of benzene rings is 2. The van der Waals surface area contributed by atoms with E-state index in [0.29, 0.717) is 23.7 Å². The summed E-state index contributed by atoms with van der Waals surface area (Å²) in [5.41, 5.74) is 0.675. The van der Waals surface area contributed by atoms with Crippen molar-refractivity contribution in [3.8, 4) is 0 Å². The summed E-state index contributed by atoms with van der Waals surface area (Å²) in [7, 11) is -3.71. The van der Waals surface area contributed by atoms with Crippen LogP contribution in [0.2, 0.25) is 5.02 Å². The number of carbonyl (C=O) groups is 1. The number of amides is 1. The van der Waals surface area contributed by atoms with Gasteiger partial charge in [0, 0.05) is 24.7 Å². The van der Waals surface area contributed by atoms with E-state index in [1.165, 1.54) is 21.7 Å². The Bertz CT molecular complexity index is 1150. The van der Waals surface area contributed by atoms with Gasteiger partial charge in [0.2, 0.25) is 15.0 Å². The molecule has 156 valence electrons. The summed E-state index contributed by atoms with van der Waals surface area (Å²) in [5.74, 6) is -0.451. The number of nitrogens with one attached hydrogen (secondary N) is 1. The molecule has 10 heteroatoms. The average molecular weight is 463 g/mol. The number of para-hydroxylation sites is 1. The molecule has 1 fully saturated rings. The van der Waals surface area contributed by atoms with Gasteiger partial charge in [-0.3, -0.25) is 4.79 Å². The fourth-order valence-corrected chi connectivity index (χ4v) is 6.23. The lowest BCUT2D eigenvalue weighted by molar-refractivity contribution is 0.102. The molecule has 0 bridgehead atoms. The molecule has 3 aromatic rings. The van der Waals surface area contributed by atoms with Gasteiger partial charge in [-0.2, -0.15) is 4.31 Å². The number of sulfonamides is 1. The fourth-order valence-electron chi connectivity index (χ4n) is 3.35. The van der Waals surface area contributed by atoms with Gasteiger partial charge in [0.1, 0.15) is 9.90 Å². The van der Waals surface area contributed by atoms with Crippen molar-refractivity contribution >= 4 is 44.6 Å². The van der Waals surface area contributed by atoms with Gasteiger partial charge >= 0.3 is 0 Å². The summed E-state index contributed by atoms with van der Waals surface area (Å²) in [5, 5.41) is 12.1. The first-order valence-electron chi connectivity index (χ1n) is 9.39. The molecule has 0 saturated carbocycles. The average Bonchev–Trinajstić information content (AvgIpc) is 3.25. The third-order valence-corrected chi connectivity index (χ3v) is 8.30. The van der Waals surface area contributed by atoms with Gasteiger partial charge in [-0.05, 0) is 37.1 Å². The molecular formula is C20H19ClN4O3S2. The molecule has 0 spiro atoms. The minimum absolute atomic E-state index is 0.104. The van der Waals surface area contributed by atoms with Crippen molar-refractivity contribution in [2.24, 2.45) is 0 Å². The van der Waals surface area contributed by atoms with Crippen molar-refractivity contribution < 1.29 is 13.2 Å². The maximum Gasteiger partial charge on any atom is 0.286 e. The SMILES string of the molecule is O=C(Nc1ccccc1)c1nnc([C@H]2CCCN(S(=O)(=O)c3ccccc3Cl)C2)s1. The van der Waals surface area contributed by atoms with E-state index in [1.807, 2.05) is 18.2 Å². The molecule has 1 N–H and O–H groups in total. The number of carbonyl (C=O) groups excluding carboxylic acids is 1. The highest BCUT2D eigenvalue weighted by molar-refractivity contribution is 7.89. The number of rotatable bonds is 5. The molecular weight excluding hydrogens is 444 g/mol. The predicted molar refractivity (Wildman–Crippen MR) is 116 cm³/mol. The number of aromatic nitrogens is 2. The first-order valence-corrected chi connectivity index (χ1v) is 12.0. The van der Waals surface area contributed by atoms with E-state index < -0.39 is 10.0 Å². The van der Waals surface area contributed by atoms with Crippen LogP contribution in [0.1, 0.15) is 33.6 Å². The molecule has 2 heterocycles. The highest BCUT2D eigenvalue weighted by Crippen LogP contribution is 2.33. The van der Waals surface area contributed by atoms with Crippen LogP contribution in [0, 0.1) is 0 Å². The van der Waals surface area contributed by atoms with E-state index in [-0.39, 0.29) is 33.3 Å². The Kier molecular flexibility index (Phi) is 6.14. The number of piperidine rings is 1. The van der Waals surface area contributed by atoms with Crippen LogP contribution < -0.4 is 5.32 Å². The highest BCUT2D eigenvalue weighted by atomic mass is 35.5. The summed E-state index contributed by atoms with van der Waals surface area (Å²) in [6.07, 6.45) is 1.48. The quantitative estimate of drug-likeness (QED) is 0.618. The molecule has 1 amide bonds. The Balaban J connectivity index is 1.49. The van der Waals surface area contributed by atoms with Gasteiger partial charge in [-0.25, -0.2) is 8.42 Å². The Morgan fingerprint density at radius 2 is 1.83 bits per heavy atom. The highest BCUT2D eigenvalue weighted by Gasteiger charge is 2.33. The molecule has 2 aromatic carbocycles. The predicted octanol–water partition coefficient (Wildman–Crippen LogP) is 4.01. The lowest BCUT2D eigenvalue weighted by atomic mass is 10.0. The lowest BCUT2D eigenvalue weighted by Gasteiger charge is -2.30. The van der Waals surface area contributed by atoms with Gasteiger partial charge in [-0.1, -0.05) is 53.3 Å². The molecule has 1 aliphatic heterocycles. The summed E-state index contributed by atoms with van der Waals surface area (Å²) in [4.78, 5) is 12.5. The first kappa shape index (κ1) is 20.9. The second kappa shape index (κ2) is 8.81. The van der Waals surface area contributed by atoms with Gasteiger partial charge in [-0.15, -0.1) is 10.2 Å². The van der Waals surface area contributed by atoms with Gasteiger partial charge in [0.05, 0.1) is 5.02 Å². The van der Waals surface area contributed by atoms with Crippen LogP contribution in [0.15, 0.2) is 59.5 Å². The number of nitrogens with zero attached hydrogens (tertiary/aromatic N) is 3. The summed E-state index contributed by atoms with van der Waals surface area (Å²) >= 11 is 7.31. The van der Waals surface area contributed by atoms with Gasteiger partial charge in [0.25, 0.3) is 5.91 Å². The smallest absolute Gasteiger partial charge is 0.286 e. The Morgan fingerprint density at radius 1 is 1.10 bits per heavy atom. The van der Waals surface area contributed by atoms with Crippen LogP contribution in [0.25, 0.3) is 0 Å². The lowest BCUT2D eigenvalue weighted by Crippen LogP contribution is -2.39. The maximum atomic E-state index is 13.0. The van der Waals surface area contributed by atoms with Crippen molar-refractivity contribution in [3.05, 3.63) is 69.6 Å². The van der Waals surface area contributed by atoms with Gasteiger partial charge < -0.3 is 5.32 Å². The van der Waals surface area contributed by atoms with Crippen molar-refractivity contribution in [3.63, 3.8) is 0 Å². The minimum atomic E-state index is -3.71. The topological polar surface area (TPSA) is 92.3 Å². The maximum absolute atomic E-state index is 13.0. The van der Waals surface area contributed by atoms with Gasteiger partial charge in [0.15, 0.2) is 0 Å². The van der Waals surface area contributed by atoms with Crippen molar-refractivity contribution in [2.45, 2.75) is 23.7 Å². The summed E-state index contributed by atoms with van der Waals surface area (Å²) in [6.45, 7) is 0.701. The van der Waals surface area contributed by atoms with Crippen LogP contribution in [0.5, 0.6) is 0 Å². The van der Waals surface area contributed by atoms with Crippen molar-refractivity contribution in [1.29, 1.82) is 0 Å². The van der Waals surface area contributed by atoms with E-state index in [0.717, 1.165) is 6.42 Å². The van der Waals surface area contributed by atoms with E-state index in [1.54, 1.807) is 30.3 Å². The zero-order valence-electron chi connectivity index (χ0n) is 15.9. The minimum Gasteiger partial charge on any atom is -0.320 e. The number of halogens is 1. The monoisotopic (exact) mass is 462 g/mol. The Labute approximate surface area is 183 Å². The Morgan fingerprint density at radius 3 is 2.60 bits per heavy atom. The molecule has 0 radical (unpaired) electrons. The first-order chi connectivity index (χ1) is 14.4. The molecule has 1 aromatic heterocycles. The molecule has 1 aliphatic rings. The number of hydrogen-bond donors (Lipinski definition) is 1. The van der Waals surface area contributed by atoms with Crippen LogP contribution in [-0.4, -0.2) is 41.9 Å².